The molecule has 1 N–H and O–H groups in total. The molecule has 0 fully saturated rings. The number of aliphatic hydroxyl groups excluding tert-OH is 1. The molecule has 0 saturated heterocycles. The molecule has 74 valence electrons. The lowest BCUT2D eigenvalue weighted by Gasteiger charge is -1.91. The standard InChI is InChI=1S/C8H10N4O2/c1-5(13)7-10-8(14-11-7)6-3-9-12(2)4-6/h3-5,13H,1-2H3. The van der Waals surface area contributed by atoms with Gasteiger partial charge >= 0.3 is 0 Å². The maximum atomic E-state index is 9.18. The number of rotatable bonds is 2. The normalized spacial score (nSPS) is 13.1. The molecule has 6 nitrogen and oxygen atoms in total. The van der Waals surface area contributed by atoms with E-state index in [0.717, 1.165) is 5.56 Å². The molecule has 2 heterocycles. The average molecular weight is 194 g/mol. The summed E-state index contributed by atoms with van der Waals surface area (Å²) in [5, 5.41) is 16.8. The van der Waals surface area contributed by atoms with E-state index in [1.165, 1.54) is 0 Å². The van der Waals surface area contributed by atoms with Crippen LogP contribution in [0.5, 0.6) is 0 Å². The fourth-order valence-corrected chi connectivity index (χ4v) is 1.05. The van der Waals surface area contributed by atoms with Crippen molar-refractivity contribution in [3.63, 3.8) is 0 Å². The van der Waals surface area contributed by atoms with Crippen LogP contribution in [-0.2, 0) is 7.05 Å². The van der Waals surface area contributed by atoms with Crippen LogP contribution in [0.3, 0.4) is 0 Å². The third kappa shape index (κ3) is 1.51. The Balaban J connectivity index is 2.33. The first kappa shape index (κ1) is 8.89. The Morgan fingerprint density at radius 1 is 1.57 bits per heavy atom. The van der Waals surface area contributed by atoms with Crippen LogP contribution in [0.15, 0.2) is 16.9 Å². The largest absolute Gasteiger partial charge is 0.385 e. The Morgan fingerprint density at radius 2 is 2.36 bits per heavy atom. The summed E-state index contributed by atoms with van der Waals surface area (Å²) in [5.74, 6) is 0.651. The predicted molar refractivity (Wildman–Crippen MR) is 47.1 cm³/mol. The highest BCUT2D eigenvalue weighted by atomic mass is 16.5. The summed E-state index contributed by atoms with van der Waals surface area (Å²) in [6, 6.07) is 0. The van der Waals surface area contributed by atoms with Gasteiger partial charge in [-0.1, -0.05) is 5.16 Å². The minimum absolute atomic E-state index is 0.281. The van der Waals surface area contributed by atoms with E-state index in [0.29, 0.717) is 5.89 Å². The van der Waals surface area contributed by atoms with Gasteiger partial charge in [0, 0.05) is 13.2 Å². The summed E-state index contributed by atoms with van der Waals surface area (Å²) >= 11 is 0. The topological polar surface area (TPSA) is 77.0 Å². The van der Waals surface area contributed by atoms with Crippen molar-refractivity contribution < 1.29 is 9.63 Å². The Kier molecular flexibility index (Phi) is 2.05. The quantitative estimate of drug-likeness (QED) is 0.754. The average Bonchev–Trinajstić information content (AvgIpc) is 2.70. The van der Waals surface area contributed by atoms with Gasteiger partial charge in [-0.25, -0.2) is 0 Å². The van der Waals surface area contributed by atoms with Crippen LogP contribution < -0.4 is 0 Å². The van der Waals surface area contributed by atoms with Crippen LogP contribution >= 0.6 is 0 Å². The molecular formula is C8H10N4O2. The summed E-state index contributed by atoms with van der Waals surface area (Å²) in [7, 11) is 1.80. The van der Waals surface area contributed by atoms with Gasteiger partial charge in [-0.05, 0) is 6.92 Å². The molecule has 0 spiro atoms. The van der Waals surface area contributed by atoms with Crippen molar-refractivity contribution in [3.8, 4) is 11.5 Å². The first-order valence-electron chi connectivity index (χ1n) is 4.17. The molecule has 6 heteroatoms. The van der Waals surface area contributed by atoms with Gasteiger partial charge in [0.05, 0.1) is 11.8 Å². The van der Waals surface area contributed by atoms with Gasteiger partial charge in [-0.3, -0.25) is 4.68 Å². The summed E-state index contributed by atoms with van der Waals surface area (Å²) in [6.07, 6.45) is 2.67. The van der Waals surface area contributed by atoms with Crippen LogP contribution in [0.4, 0.5) is 0 Å². The van der Waals surface area contributed by atoms with Gasteiger partial charge in [0.1, 0.15) is 6.10 Å². The molecule has 0 amide bonds. The number of aryl methyl sites for hydroxylation is 1. The van der Waals surface area contributed by atoms with Crippen LogP contribution in [0, 0.1) is 0 Å². The number of aliphatic hydroxyl groups is 1. The second kappa shape index (κ2) is 3.22. The van der Waals surface area contributed by atoms with Crippen molar-refractivity contribution in [2.24, 2.45) is 7.05 Å². The molecular weight excluding hydrogens is 184 g/mol. The summed E-state index contributed by atoms with van der Waals surface area (Å²) in [5.41, 5.74) is 0.743. The van der Waals surface area contributed by atoms with E-state index >= 15 is 0 Å². The Morgan fingerprint density at radius 3 is 2.86 bits per heavy atom. The molecule has 2 aromatic rings. The van der Waals surface area contributed by atoms with Crippen LogP contribution in [0.25, 0.3) is 11.5 Å². The predicted octanol–water partition coefficient (Wildman–Crippen LogP) is 0.523. The van der Waals surface area contributed by atoms with Crippen molar-refractivity contribution in [1.82, 2.24) is 19.9 Å². The number of hydrogen-bond acceptors (Lipinski definition) is 5. The lowest BCUT2D eigenvalue weighted by Crippen LogP contribution is -1.92. The lowest BCUT2D eigenvalue weighted by molar-refractivity contribution is 0.184. The van der Waals surface area contributed by atoms with Crippen molar-refractivity contribution in [3.05, 3.63) is 18.2 Å². The lowest BCUT2D eigenvalue weighted by atomic mass is 10.3. The van der Waals surface area contributed by atoms with E-state index in [1.807, 2.05) is 0 Å². The smallest absolute Gasteiger partial charge is 0.261 e. The van der Waals surface area contributed by atoms with E-state index < -0.39 is 6.10 Å². The highest BCUT2D eigenvalue weighted by Gasteiger charge is 2.13. The number of nitrogens with zero attached hydrogens (tertiary/aromatic N) is 4. The third-order valence-electron chi connectivity index (χ3n) is 1.77. The van der Waals surface area contributed by atoms with Gasteiger partial charge in [-0.2, -0.15) is 10.1 Å². The van der Waals surface area contributed by atoms with E-state index in [4.69, 9.17) is 4.52 Å². The monoisotopic (exact) mass is 194 g/mol. The summed E-state index contributed by atoms with van der Waals surface area (Å²) in [4.78, 5) is 4.01. The molecule has 0 aliphatic heterocycles. The fraction of sp³-hybridized carbons (Fsp3) is 0.375. The molecule has 2 rings (SSSR count). The Hall–Kier alpha value is -1.69. The second-order valence-corrected chi connectivity index (χ2v) is 3.04. The van der Waals surface area contributed by atoms with Gasteiger partial charge in [0.25, 0.3) is 5.89 Å². The first-order chi connectivity index (χ1) is 6.66. The summed E-state index contributed by atoms with van der Waals surface area (Å²) < 4.78 is 6.59. The zero-order valence-electron chi connectivity index (χ0n) is 7.88. The molecule has 14 heavy (non-hydrogen) atoms. The maximum Gasteiger partial charge on any atom is 0.261 e. The molecule has 0 radical (unpaired) electrons. The fourth-order valence-electron chi connectivity index (χ4n) is 1.05. The molecule has 0 aromatic carbocycles. The van der Waals surface area contributed by atoms with Crippen LogP contribution in [0.2, 0.25) is 0 Å². The molecule has 1 unspecified atom stereocenters. The van der Waals surface area contributed by atoms with Gasteiger partial charge in [-0.15, -0.1) is 0 Å². The third-order valence-corrected chi connectivity index (χ3v) is 1.77. The summed E-state index contributed by atoms with van der Waals surface area (Å²) in [6.45, 7) is 1.58. The zero-order valence-corrected chi connectivity index (χ0v) is 7.88. The van der Waals surface area contributed by atoms with Crippen molar-refractivity contribution in [1.29, 1.82) is 0 Å². The first-order valence-corrected chi connectivity index (χ1v) is 4.17. The van der Waals surface area contributed by atoms with Crippen LogP contribution in [0.1, 0.15) is 18.9 Å². The maximum absolute atomic E-state index is 9.18. The van der Waals surface area contributed by atoms with Crippen molar-refractivity contribution in [2.45, 2.75) is 13.0 Å². The molecule has 0 aliphatic rings. The van der Waals surface area contributed by atoms with E-state index in [2.05, 4.69) is 15.2 Å². The zero-order chi connectivity index (χ0) is 10.1. The minimum atomic E-state index is -0.718. The minimum Gasteiger partial charge on any atom is -0.385 e. The number of hydrogen-bond donors (Lipinski definition) is 1. The number of aromatic nitrogens is 4. The highest BCUT2D eigenvalue weighted by Crippen LogP contribution is 2.17. The second-order valence-electron chi connectivity index (χ2n) is 3.04. The van der Waals surface area contributed by atoms with E-state index in [1.54, 1.807) is 31.0 Å². The Labute approximate surface area is 80.2 Å². The van der Waals surface area contributed by atoms with Crippen LogP contribution in [-0.4, -0.2) is 25.0 Å². The molecule has 0 aliphatic carbocycles. The Bertz CT molecular complexity index is 432. The highest BCUT2D eigenvalue weighted by molar-refractivity contribution is 5.49. The molecule has 0 bridgehead atoms. The van der Waals surface area contributed by atoms with Gasteiger partial charge in [0.2, 0.25) is 0 Å². The molecule has 0 saturated carbocycles. The SMILES string of the molecule is CC(O)c1noc(-c2cnn(C)c2)n1. The molecule has 2 aromatic heterocycles. The van der Waals surface area contributed by atoms with Crippen molar-refractivity contribution >= 4 is 0 Å². The van der Waals surface area contributed by atoms with Gasteiger partial charge < -0.3 is 9.63 Å². The van der Waals surface area contributed by atoms with E-state index in [-0.39, 0.29) is 5.82 Å². The van der Waals surface area contributed by atoms with Crippen molar-refractivity contribution in [2.75, 3.05) is 0 Å². The van der Waals surface area contributed by atoms with E-state index in [9.17, 15) is 5.11 Å². The van der Waals surface area contributed by atoms with Gasteiger partial charge in [0.15, 0.2) is 5.82 Å². The molecule has 1 atom stereocenters.